The maximum atomic E-state index is 11.1. The molecule has 0 aromatic carbocycles. The van der Waals surface area contributed by atoms with E-state index in [4.69, 9.17) is 0 Å². The third-order valence-electron chi connectivity index (χ3n) is 2.23. The quantitative estimate of drug-likeness (QED) is 0.501. The monoisotopic (exact) mass is 195 g/mol. The number of ketones is 1. The van der Waals surface area contributed by atoms with Crippen molar-refractivity contribution in [2.75, 3.05) is 0 Å². The fourth-order valence-corrected chi connectivity index (χ4v) is 1.38. The van der Waals surface area contributed by atoms with Crippen LogP contribution in [0.25, 0.3) is 0 Å². The second-order valence-corrected chi connectivity index (χ2v) is 3.46. The van der Waals surface area contributed by atoms with Gasteiger partial charge in [-0.05, 0) is 12.8 Å². The van der Waals surface area contributed by atoms with Crippen LogP contribution in [0.2, 0.25) is 0 Å². The molecule has 0 aromatic heterocycles. The Labute approximate surface area is 82.5 Å². The number of hydrogen-bond donors (Lipinski definition) is 0. The zero-order valence-electron chi connectivity index (χ0n) is 8.16. The Morgan fingerprint density at radius 1 is 1.50 bits per heavy atom. The first-order valence-electron chi connectivity index (χ1n) is 4.62. The van der Waals surface area contributed by atoms with Crippen LogP contribution in [-0.2, 0) is 4.79 Å². The Morgan fingerprint density at radius 3 is 2.79 bits per heavy atom. The van der Waals surface area contributed by atoms with Crippen LogP contribution in [0.15, 0.2) is 23.4 Å². The molecule has 1 saturated carbocycles. The molecule has 0 amide bonds. The molecule has 4 nitrogen and oxygen atoms in total. The smallest absolute Gasteiger partial charge is 0.243 e. The second-order valence-electron chi connectivity index (χ2n) is 3.46. The summed E-state index contributed by atoms with van der Waals surface area (Å²) >= 11 is 0. The lowest BCUT2D eigenvalue weighted by Crippen LogP contribution is -2.06. The normalized spacial score (nSPS) is 21.4. The van der Waals surface area contributed by atoms with Crippen molar-refractivity contribution < 1.29 is 9.72 Å². The third-order valence-corrected chi connectivity index (χ3v) is 2.23. The Balaban J connectivity index is 2.64. The second kappa shape index (κ2) is 4.69. The van der Waals surface area contributed by atoms with Gasteiger partial charge < -0.3 is 0 Å². The molecule has 76 valence electrons. The summed E-state index contributed by atoms with van der Waals surface area (Å²) in [5.74, 6) is 0.231. The molecule has 0 bridgehead atoms. The summed E-state index contributed by atoms with van der Waals surface area (Å²) in [5.41, 5.74) is 1.11. The zero-order valence-corrected chi connectivity index (χ0v) is 8.16. The average Bonchev–Trinajstić information content (AvgIpc) is 2.14. The minimum absolute atomic E-state index is 0.107. The van der Waals surface area contributed by atoms with Gasteiger partial charge in [0.2, 0.25) is 5.70 Å². The predicted molar refractivity (Wildman–Crippen MR) is 52.3 cm³/mol. The number of nitrogens with zero attached hydrogens (tertiary/aromatic N) is 1. The molecule has 0 N–H and O–H groups in total. The number of carbonyl (C=O) groups is 1. The van der Waals surface area contributed by atoms with Crippen molar-refractivity contribution >= 4 is 5.78 Å². The van der Waals surface area contributed by atoms with Gasteiger partial charge in [0.25, 0.3) is 0 Å². The van der Waals surface area contributed by atoms with Crippen LogP contribution in [0.4, 0.5) is 0 Å². The lowest BCUT2D eigenvalue weighted by atomic mass is 9.93. The van der Waals surface area contributed by atoms with Gasteiger partial charge in [-0.1, -0.05) is 11.6 Å². The van der Waals surface area contributed by atoms with Crippen LogP contribution in [0.3, 0.4) is 0 Å². The molecule has 4 heteroatoms. The first kappa shape index (κ1) is 10.6. The Bertz CT molecular complexity index is 315. The highest BCUT2D eigenvalue weighted by molar-refractivity contribution is 5.81. The standard InChI is InChI=1S/C10H13NO3/c1-8(11(13)14)5-6-9-3-2-4-10(12)7-9/h5-6H,2-4,7H2,1H3/b8-5+,9-6-. The van der Waals surface area contributed by atoms with Gasteiger partial charge in [0.15, 0.2) is 0 Å². The first-order chi connectivity index (χ1) is 6.59. The van der Waals surface area contributed by atoms with E-state index in [0.717, 1.165) is 18.4 Å². The summed E-state index contributed by atoms with van der Waals surface area (Å²) in [6, 6.07) is 0. The highest BCUT2D eigenvalue weighted by Gasteiger charge is 2.12. The van der Waals surface area contributed by atoms with Gasteiger partial charge in [0.05, 0.1) is 4.92 Å². The van der Waals surface area contributed by atoms with Crippen LogP contribution in [0.5, 0.6) is 0 Å². The molecule has 0 atom stereocenters. The molecule has 1 aliphatic rings. The van der Waals surface area contributed by atoms with Gasteiger partial charge in [0.1, 0.15) is 5.78 Å². The lowest BCUT2D eigenvalue weighted by molar-refractivity contribution is -0.424. The maximum Gasteiger partial charge on any atom is 0.243 e. The van der Waals surface area contributed by atoms with Crippen molar-refractivity contribution in [3.63, 3.8) is 0 Å². The fraction of sp³-hybridized carbons (Fsp3) is 0.500. The SMILES string of the molecule is C/C(=C\C=C1\CCCC(=O)C1)[N+](=O)[O-]. The van der Waals surface area contributed by atoms with Gasteiger partial charge in [-0.2, -0.15) is 0 Å². The van der Waals surface area contributed by atoms with E-state index in [9.17, 15) is 14.9 Å². The molecule has 0 aromatic rings. The summed E-state index contributed by atoms with van der Waals surface area (Å²) < 4.78 is 0. The Morgan fingerprint density at radius 2 is 2.21 bits per heavy atom. The predicted octanol–water partition coefficient (Wildman–Crippen LogP) is 2.24. The highest BCUT2D eigenvalue weighted by atomic mass is 16.6. The van der Waals surface area contributed by atoms with E-state index < -0.39 is 4.92 Å². The molecule has 0 saturated heterocycles. The molecule has 0 radical (unpaired) electrons. The number of carbonyl (C=O) groups excluding carboxylic acids is 1. The summed E-state index contributed by atoms with van der Waals surface area (Å²) in [7, 11) is 0. The first-order valence-corrected chi connectivity index (χ1v) is 4.62. The number of rotatable bonds is 2. The van der Waals surface area contributed by atoms with E-state index in [1.165, 1.54) is 13.0 Å². The van der Waals surface area contributed by atoms with Crippen LogP contribution >= 0.6 is 0 Å². The molecule has 0 spiro atoms. The summed E-state index contributed by atoms with van der Waals surface area (Å²) in [5, 5.41) is 10.3. The van der Waals surface area contributed by atoms with Gasteiger partial charge in [-0.3, -0.25) is 14.9 Å². The van der Waals surface area contributed by atoms with Gasteiger partial charge in [-0.25, -0.2) is 0 Å². The van der Waals surface area contributed by atoms with E-state index >= 15 is 0 Å². The van der Waals surface area contributed by atoms with Crippen LogP contribution in [-0.4, -0.2) is 10.7 Å². The number of hydrogen-bond acceptors (Lipinski definition) is 3. The number of Topliss-reactive ketones (excluding diaryl/α,β-unsaturated/α-hetero) is 1. The molecule has 1 fully saturated rings. The van der Waals surface area contributed by atoms with E-state index in [1.807, 2.05) is 0 Å². The van der Waals surface area contributed by atoms with Crippen molar-refractivity contribution in [3.05, 3.63) is 33.5 Å². The molecule has 1 rings (SSSR count). The molecular weight excluding hydrogens is 182 g/mol. The molecule has 1 aliphatic carbocycles. The fourth-order valence-electron chi connectivity index (χ4n) is 1.38. The molecule has 0 heterocycles. The summed E-state index contributed by atoms with van der Waals surface area (Å²) in [4.78, 5) is 20.9. The Kier molecular flexibility index (Phi) is 3.56. The minimum atomic E-state index is -0.429. The van der Waals surface area contributed by atoms with Crippen molar-refractivity contribution in [2.45, 2.75) is 32.6 Å². The highest BCUT2D eigenvalue weighted by Crippen LogP contribution is 2.20. The van der Waals surface area contributed by atoms with Crippen molar-refractivity contribution in [1.82, 2.24) is 0 Å². The zero-order chi connectivity index (χ0) is 10.6. The van der Waals surface area contributed by atoms with E-state index in [2.05, 4.69) is 0 Å². The summed E-state index contributed by atoms with van der Waals surface area (Å²) in [6.07, 6.45) is 6.03. The minimum Gasteiger partial charge on any atom is -0.299 e. The van der Waals surface area contributed by atoms with E-state index in [0.29, 0.717) is 12.8 Å². The largest absolute Gasteiger partial charge is 0.299 e. The van der Waals surface area contributed by atoms with Gasteiger partial charge >= 0.3 is 0 Å². The van der Waals surface area contributed by atoms with Crippen molar-refractivity contribution in [3.8, 4) is 0 Å². The van der Waals surface area contributed by atoms with E-state index in [1.54, 1.807) is 6.08 Å². The van der Waals surface area contributed by atoms with Gasteiger partial charge in [-0.15, -0.1) is 0 Å². The topological polar surface area (TPSA) is 60.2 Å². The maximum absolute atomic E-state index is 11.1. The Hall–Kier alpha value is -1.45. The van der Waals surface area contributed by atoms with Gasteiger partial charge in [0, 0.05) is 25.8 Å². The van der Waals surface area contributed by atoms with E-state index in [-0.39, 0.29) is 11.5 Å². The molecule has 0 aliphatic heterocycles. The average molecular weight is 195 g/mol. The summed E-state index contributed by atoms with van der Waals surface area (Å²) in [6.45, 7) is 1.45. The molecular formula is C10H13NO3. The van der Waals surface area contributed by atoms with Crippen LogP contribution in [0, 0.1) is 10.1 Å². The molecule has 0 unspecified atom stereocenters. The molecule has 14 heavy (non-hydrogen) atoms. The third kappa shape index (κ3) is 3.12. The van der Waals surface area contributed by atoms with Crippen molar-refractivity contribution in [2.24, 2.45) is 0 Å². The number of allylic oxidation sites excluding steroid dienone is 4. The lowest BCUT2D eigenvalue weighted by Gasteiger charge is -2.11. The van der Waals surface area contributed by atoms with Crippen LogP contribution < -0.4 is 0 Å². The van der Waals surface area contributed by atoms with Crippen molar-refractivity contribution in [1.29, 1.82) is 0 Å². The number of nitro groups is 1. The van der Waals surface area contributed by atoms with Crippen LogP contribution in [0.1, 0.15) is 32.6 Å².